The number of rotatable bonds is 3. The number of esters is 1. The van der Waals surface area contributed by atoms with E-state index in [2.05, 4.69) is 4.74 Å². The van der Waals surface area contributed by atoms with Crippen molar-refractivity contribution in [2.75, 3.05) is 7.11 Å². The molecule has 0 aliphatic rings. The Morgan fingerprint density at radius 2 is 1.75 bits per heavy atom. The molecular weight excluding hydrogens is 208 g/mol. The molecule has 86 valence electrons. The van der Waals surface area contributed by atoms with Crippen LogP contribution in [0.15, 0.2) is 24.3 Å². The van der Waals surface area contributed by atoms with Crippen molar-refractivity contribution in [3.05, 3.63) is 35.4 Å². The first-order valence-electron chi connectivity index (χ1n) is 4.82. The summed E-state index contributed by atoms with van der Waals surface area (Å²) >= 11 is 0. The van der Waals surface area contributed by atoms with Gasteiger partial charge in [-0.05, 0) is 19.4 Å². The summed E-state index contributed by atoms with van der Waals surface area (Å²) in [6, 6.07) is 6.78. The zero-order valence-corrected chi connectivity index (χ0v) is 9.48. The Bertz CT molecular complexity index is 408. The molecule has 0 aliphatic carbocycles. The summed E-state index contributed by atoms with van der Waals surface area (Å²) in [4.78, 5) is 22.8. The van der Waals surface area contributed by atoms with Crippen LogP contribution in [-0.4, -0.2) is 24.2 Å². The maximum Gasteiger partial charge on any atom is 0.327 e. The lowest BCUT2D eigenvalue weighted by atomic mass is 9.82. The Hall–Kier alpha value is -1.84. The molecule has 1 unspecified atom stereocenters. The molecule has 0 aliphatic heterocycles. The Morgan fingerprint density at radius 3 is 2.12 bits per heavy atom. The molecule has 0 aromatic heterocycles. The fraction of sp³-hybridized carbons (Fsp3) is 0.333. The number of methoxy groups -OCH3 is 1. The van der Waals surface area contributed by atoms with E-state index in [4.69, 9.17) is 5.11 Å². The third-order valence-electron chi connectivity index (χ3n) is 2.65. The van der Waals surface area contributed by atoms with Gasteiger partial charge in [0.25, 0.3) is 0 Å². The highest BCUT2D eigenvalue weighted by molar-refractivity contribution is 6.05. The van der Waals surface area contributed by atoms with E-state index in [1.807, 2.05) is 6.92 Å². The summed E-state index contributed by atoms with van der Waals surface area (Å²) in [6.07, 6.45) is 0. The third-order valence-corrected chi connectivity index (χ3v) is 2.65. The minimum absolute atomic E-state index is 0.414. The van der Waals surface area contributed by atoms with Crippen LogP contribution < -0.4 is 0 Å². The first-order valence-corrected chi connectivity index (χ1v) is 4.82. The summed E-state index contributed by atoms with van der Waals surface area (Å²) in [5.74, 6) is -1.99. The molecule has 0 saturated heterocycles. The zero-order chi connectivity index (χ0) is 12.3. The van der Waals surface area contributed by atoms with Crippen LogP contribution in [0, 0.1) is 6.92 Å². The first-order chi connectivity index (χ1) is 7.42. The monoisotopic (exact) mass is 222 g/mol. The average Bonchev–Trinajstić information content (AvgIpc) is 2.27. The van der Waals surface area contributed by atoms with Crippen LogP contribution in [0.2, 0.25) is 0 Å². The quantitative estimate of drug-likeness (QED) is 0.622. The summed E-state index contributed by atoms with van der Waals surface area (Å²) in [7, 11) is 1.18. The summed E-state index contributed by atoms with van der Waals surface area (Å²) in [5.41, 5.74) is -0.235. The van der Waals surface area contributed by atoms with Gasteiger partial charge in [-0.2, -0.15) is 0 Å². The van der Waals surface area contributed by atoms with Gasteiger partial charge < -0.3 is 9.84 Å². The van der Waals surface area contributed by atoms with Gasteiger partial charge in [-0.25, -0.2) is 0 Å². The van der Waals surface area contributed by atoms with Crippen LogP contribution in [0.1, 0.15) is 18.1 Å². The molecule has 0 saturated carbocycles. The Morgan fingerprint density at radius 1 is 1.25 bits per heavy atom. The number of ether oxygens (including phenoxy) is 1. The van der Waals surface area contributed by atoms with Crippen molar-refractivity contribution in [1.82, 2.24) is 0 Å². The second-order valence-electron chi connectivity index (χ2n) is 3.79. The molecule has 0 bridgehead atoms. The van der Waals surface area contributed by atoms with Gasteiger partial charge in [-0.15, -0.1) is 0 Å². The van der Waals surface area contributed by atoms with E-state index in [9.17, 15) is 9.59 Å². The van der Waals surface area contributed by atoms with Crippen LogP contribution in [0.25, 0.3) is 0 Å². The van der Waals surface area contributed by atoms with Gasteiger partial charge >= 0.3 is 11.9 Å². The van der Waals surface area contributed by atoms with Gasteiger partial charge in [-0.1, -0.05) is 29.8 Å². The van der Waals surface area contributed by atoms with Gasteiger partial charge in [0, 0.05) is 0 Å². The fourth-order valence-electron chi connectivity index (χ4n) is 1.42. The number of carbonyl (C=O) groups is 2. The number of hydrogen-bond acceptors (Lipinski definition) is 3. The van der Waals surface area contributed by atoms with Crippen LogP contribution >= 0.6 is 0 Å². The first kappa shape index (κ1) is 12.2. The van der Waals surface area contributed by atoms with Crippen molar-refractivity contribution in [2.45, 2.75) is 19.3 Å². The Balaban J connectivity index is 3.27. The van der Waals surface area contributed by atoms with E-state index >= 15 is 0 Å². The largest absolute Gasteiger partial charge is 0.480 e. The Kier molecular flexibility index (Phi) is 3.32. The predicted molar refractivity (Wildman–Crippen MR) is 58.2 cm³/mol. The summed E-state index contributed by atoms with van der Waals surface area (Å²) in [6.45, 7) is 3.23. The van der Waals surface area contributed by atoms with Crippen LogP contribution in [0.5, 0.6) is 0 Å². The van der Waals surface area contributed by atoms with E-state index in [1.54, 1.807) is 24.3 Å². The molecule has 1 aromatic carbocycles. The lowest BCUT2D eigenvalue weighted by Crippen LogP contribution is -2.41. The van der Waals surface area contributed by atoms with Crippen molar-refractivity contribution in [3.8, 4) is 0 Å². The second-order valence-corrected chi connectivity index (χ2v) is 3.79. The number of aryl methyl sites for hydroxylation is 1. The van der Waals surface area contributed by atoms with E-state index in [1.165, 1.54) is 14.0 Å². The maximum absolute atomic E-state index is 11.6. The van der Waals surface area contributed by atoms with E-state index in [0.717, 1.165) is 5.56 Å². The van der Waals surface area contributed by atoms with Crippen molar-refractivity contribution in [2.24, 2.45) is 0 Å². The summed E-state index contributed by atoms with van der Waals surface area (Å²) < 4.78 is 4.54. The zero-order valence-electron chi connectivity index (χ0n) is 9.48. The van der Waals surface area contributed by atoms with Gasteiger partial charge in [0.2, 0.25) is 0 Å². The smallest absolute Gasteiger partial charge is 0.327 e. The minimum atomic E-state index is -1.65. The van der Waals surface area contributed by atoms with Crippen molar-refractivity contribution in [3.63, 3.8) is 0 Å². The molecule has 0 radical (unpaired) electrons. The third kappa shape index (κ3) is 1.91. The van der Waals surface area contributed by atoms with E-state index < -0.39 is 17.4 Å². The molecule has 1 atom stereocenters. The van der Waals surface area contributed by atoms with Gasteiger partial charge in [-0.3, -0.25) is 9.59 Å². The number of carbonyl (C=O) groups excluding carboxylic acids is 1. The highest BCUT2D eigenvalue weighted by atomic mass is 16.5. The standard InChI is InChI=1S/C12H14O4/c1-8-4-6-9(7-5-8)12(2,10(13)14)11(15)16-3/h4-7H,1-3H3,(H,13,14). The van der Waals surface area contributed by atoms with Crippen LogP contribution in [-0.2, 0) is 19.7 Å². The number of benzene rings is 1. The molecule has 0 heterocycles. The summed E-state index contributed by atoms with van der Waals surface area (Å²) in [5, 5.41) is 9.16. The van der Waals surface area contributed by atoms with E-state index in [-0.39, 0.29) is 0 Å². The van der Waals surface area contributed by atoms with Crippen molar-refractivity contribution >= 4 is 11.9 Å². The minimum Gasteiger partial charge on any atom is -0.480 e. The second kappa shape index (κ2) is 4.35. The molecule has 1 rings (SSSR count). The van der Waals surface area contributed by atoms with Gasteiger partial charge in [0.05, 0.1) is 7.11 Å². The highest BCUT2D eigenvalue weighted by Gasteiger charge is 2.44. The molecule has 0 amide bonds. The number of aliphatic carboxylic acids is 1. The Labute approximate surface area is 93.9 Å². The van der Waals surface area contributed by atoms with Crippen molar-refractivity contribution < 1.29 is 19.4 Å². The lowest BCUT2D eigenvalue weighted by Gasteiger charge is -2.22. The molecule has 4 heteroatoms. The SMILES string of the molecule is COC(=O)C(C)(C(=O)O)c1ccc(C)cc1. The molecule has 0 spiro atoms. The topological polar surface area (TPSA) is 63.6 Å². The molecule has 16 heavy (non-hydrogen) atoms. The van der Waals surface area contributed by atoms with Gasteiger partial charge in [0.1, 0.15) is 0 Å². The van der Waals surface area contributed by atoms with Crippen LogP contribution in [0.3, 0.4) is 0 Å². The molecule has 0 fully saturated rings. The normalized spacial score (nSPS) is 13.9. The maximum atomic E-state index is 11.6. The fourth-order valence-corrected chi connectivity index (χ4v) is 1.42. The average molecular weight is 222 g/mol. The molecule has 4 nitrogen and oxygen atoms in total. The molecular formula is C12H14O4. The highest BCUT2D eigenvalue weighted by Crippen LogP contribution is 2.26. The predicted octanol–water partition coefficient (Wildman–Crippen LogP) is 1.51. The lowest BCUT2D eigenvalue weighted by molar-refractivity contribution is -0.158. The van der Waals surface area contributed by atoms with E-state index in [0.29, 0.717) is 5.56 Å². The number of carboxylic acid groups (broad SMARTS) is 1. The molecule has 1 N–H and O–H groups in total. The van der Waals surface area contributed by atoms with Crippen molar-refractivity contribution in [1.29, 1.82) is 0 Å². The number of carboxylic acids is 1. The van der Waals surface area contributed by atoms with Gasteiger partial charge in [0.15, 0.2) is 5.41 Å². The number of hydrogen-bond donors (Lipinski definition) is 1. The molecule has 1 aromatic rings. The van der Waals surface area contributed by atoms with Crippen LogP contribution in [0.4, 0.5) is 0 Å².